The Bertz CT molecular complexity index is 779. The molecule has 1 unspecified atom stereocenters. The van der Waals surface area contributed by atoms with E-state index in [1.807, 2.05) is 48.5 Å². The minimum Gasteiger partial charge on any atom is -0.322 e. The summed E-state index contributed by atoms with van der Waals surface area (Å²) in [6, 6.07) is 20.3. The lowest BCUT2D eigenvalue weighted by Crippen LogP contribution is -2.15. The highest BCUT2D eigenvalue weighted by molar-refractivity contribution is 7.84. The summed E-state index contributed by atoms with van der Waals surface area (Å²) in [5.74, 6) is 0.0537. The van der Waals surface area contributed by atoms with Crippen molar-refractivity contribution in [2.45, 2.75) is 10.6 Å². The van der Waals surface area contributed by atoms with Crippen LogP contribution < -0.4 is 5.32 Å². The number of hydrogen-bond acceptors (Lipinski definition) is 3. The lowest BCUT2D eigenvalue weighted by atomic mass is 10.2. The van der Waals surface area contributed by atoms with Gasteiger partial charge in [0.25, 0.3) is 5.91 Å². The number of pyridine rings is 1. The van der Waals surface area contributed by atoms with Crippen molar-refractivity contribution in [3.63, 3.8) is 0 Å². The standard InChI is InChI=1S/C19H16N2O2S/c22-19(21-16-9-5-2-6-10-16)17-11-12-20-13-18(17)24(23)14-15-7-3-1-4-8-15/h1-13H,14H2,(H,21,22). The summed E-state index contributed by atoms with van der Waals surface area (Å²) in [4.78, 5) is 17.0. The molecule has 0 aliphatic rings. The average Bonchev–Trinajstić information content (AvgIpc) is 2.63. The van der Waals surface area contributed by atoms with Gasteiger partial charge in [0.05, 0.1) is 27.0 Å². The Balaban J connectivity index is 1.82. The summed E-state index contributed by atoms with van der Waals surface area (Å²) in [7, 11) is -1.35. The van der Waals surface area contributed by atoms with E-state index in [9.17, 15) is 9.00 Å². The third kappa shape index (κ3) is 3.94. The van der Waals surface area contributed by atoms with E-state index in [-0.39, 0.29) is 5.91 Å². The number of nitrogens with zero attached hydrogens (tertiary/aromatic N) is 1. The van der Waals surface area contributed by atoms with Crippen molar-refractivity contribution in [3.8, 4) is 0 Å². The highest BCUT2D eigenvalue weighted by Crippen LogP contribution is 2.18. The Morgan fingerprint density at radius 1 is 0.958 bits per heavy atom. The summed E-state index contributed by atoms with van der Waals surface area (Å²) in [5.41, 5.74) is 2.02. The van der Waals surface area contributed by atoms with E-state index in [4.69, 9.17) is 0 Å². The van der Waals surface area contributed by atoms with E-state index in [1.165, 1.54) is 12.4 Å². The van der Waals surface area contributed by atoms with Gasteiger partial charge in [-0.25, -0.2) is 0 Å². The van der Waals surface area contributed by atoms with Crippen LogP contribution in [-0.4, -0.2) is 15.1 Å². The monoisotopic (exact) mass is 336 g/mol. The molecular formula is C19H16N2O2S. The molecule has 0 spiro atoms. The summed E-state index contributed by atoms with van der Waals surface area (Å²) in [6.45, 7) is 0. The molecule has 1 aromatic heterocycles. The normalized spacial score (nSPS) is 11.7. The van der Waals surface area contributed by atoms with Gasteiger partial charge in [-0.1, -0.05) is 48.5 Å². The Hall–Kier alpha value is -2.79. The van der Waals surface area contributed by atoms with Crippen LogP contribution in [0.1, 0.15) is 15.9 Å². The quantitative estimate of drug-likeness (QED) is 0.774. The van der Waals surface area contributed by atoms with Crippen molar-refractivity contribution in [1.29, 1.82) is 0 Å². The number of carbonyl (C=O) groups is 1. The van der Waals surface area contributed by atoms with Gasteiger partial charge < -0.3 is 5.32 Å². The third-order valence-electron chi connectivity index (χ3n) is 3.45. The molecule has 1 atom stereocenters. The highest BCUT2D eigenvalue weighted by atomic mass is 32.2. The smallest absolute Gasteiger partial charge is 0.257 e. The van der Waals surface area contributed by atoms with Crippen LogP contribution >= 0.6 is 0 Å². The van der Waals surface area contributed by atoms with E-state index in [1.54, 1.807) is 18.2 Å². The van der Waals surface area contributed by atoms with E-state index < -0.39 is 10.8 Å². The molecule has 2 aromatic carbocycles. The maximum Gasteiger partial charge on any atom is 0.257 e. The molecule has 5 heteroatoms. The number of carbonyl (C=O) groups excluding carboxylic acids is 1. The maximum absolute atomic E-state index is 12.7. The molecule has 24 heavy (non-hydrogen) atoms. The summed E-state index contributed by atoms with van der Waals surface area (Å²) >= 11 is 0. The first-order valence-electron chi connectivity index (χ1n) is 7.47. The number of amides is 1. The van der Waals surface area contributed by atoms with Crippen LogP contribution in [0.4, 0.5) is 5.69 Å². The molecule has 4 nitrogen and oxygen atoms in total. The van der Waals surface area contributed by atoms with Crippen molar-refractivity contribution < 1.29 is 9.00 Å². The van der Waals surface area contributed by atoms with Crippen molar-refractivity contribution in [2.75, 3.05) is 5.32 Å². The molecule has 0 radical (unpaired) electrons. The van der Waals surface area contributed by atoms with Gasteiger partial charge in [-0.2, -0.15) is 0 Å². The molecular weight excluding hydrogens is 320 g/mol. The van der Waals surface area contributed by atoms with E-state index in [0.29, 0.717) is 21.9 Å². The van der Waals surface area contributed by atoms with Gasteiger partial charge in [0.1, 0.15) is 0 Å². The molecule has 1 amide bonds. The molecule has 0 fully saturated rings. The van der Waals surface area contributed by atoms with Gasteiger partial charge in [-0.05, 0) is 23.8 Å². The second-order valence-electron chi connectivity index (χ2n) is 5.17. The molecule has 0 aliphatic carbocycles. The van der Waals surface area contributed by atoms with Crippen LogP contribution in [0.15, 0.2) is 84.0 Å². The van der Waals surface area contributed by atoms with Gasteiger partial charge in [-0.3, -0.25) is 14.0 Å². The number of rotatable bonds is 5. The molecule has 1 heterocycles. The zero-order valence-corrected chi connectivity index (χ0v) is 13.7. The van der Waals surface area contributed by atoms with Gasteiger partial charge >= 0.3 is 0 Å². The summed E-state index contributed by atoms with van der Waals surface area (Å²) < 4.78 is 12.7. The Morgan fingerprint density at radius 2 is 1.62 bits per heavy atom. The molecule has 0 aliphatic heterocycles. The predicted octanol–water partition coefficient (Wildman–Crippen LogP) is 3.64. The number of anilines is 1. The molecule has 3 rings (SSSR count). The molecule has 1 N–H and O–H groups in total. The molecule has 0 bridgehead atoms. The van der Waals surface area contributed by atoms with Crippen LogP contribution in [0.5, 0.6) is 0 Å². The lowest BCUT2D eigenvalue weighted by molar-refractivity contribution is 0.102. The van der Waals surface area contributed by atoms with Crippen molar-refractivity contribution in [3.05, 3.63) is 90.3 Å². The van der Waals surface area contributed by atoms with Crippen molar-refractivity contribution in [2.24, 2.45) is 0 Å². The Labute approximate surface area is 143 Å². The zero-order valence-electron chi connectivity index (χ0n) is 12.9. The number of aromatic nitrogens is 1. The van der Waals surface area contributed by atoms with Gasteiger partial charge in [0.15, 0.2) is 0 Å². The van der Waals surface area contributed by atoms with E-state index in [0.717, 1.165) is 5.56 Å². The summed E-state index contributed by atoms with van der Waals surface area (Å²) in [5, 5.41) is 2.82. The fourth-order valence-corrected chi connectivity index (χ4v) is 3.51. The van der Waals surface area contributed by atoms with Gasteiger partial charge in [0, 0.05) is 18.1 Å². The third-order valence-corrected chi connectivity index (χ3v) is 4.86. The van der Waals surface area contributed by atoms with Crippen LogP contribution in [-0.2, 0) is 16.6 Å². The first kappa shape index (κ1) is 16.1. The minimum absolute atomic E-state index is 0.292. The average molecular weight is 336 g/mol. The van der Waals surface area contributed by atoms with Gasteiger partial charge in [0.2, 0.25) is 0 Å². The first-order valence-corrected chi connectivity index (χ1v) is 8.78. The number of hydrogen-bond donors (Lipinski definition) is 1. The van der Waals surface area contributed by atoms with Crippen LogP contribution in [0.3, 0.4) is 0 Å². The largest absolute Gasteiger partial charge is 0.322 e. The van der Waals surface area contributed by atoms with Crippen molar-refractivity contribution in [1.82, 2.24) is 4.98 Å². The van der Waals surface area contributed by atoms with Crippen LogP contribution in [0, 0.1) is 0 Å². The van der Waals surface area contributed by atoms with Crippen molar-refractivity contribution >= 4 is 22.4 Å². The zero-order chi connectivity index (χ0) is 16.8. The Morgan fingerprint density at radius 3 is 2.33 bits per heavy atom. The number of para-hydroxylation sites is 1. The fourth-order valence-electron chi connectivity index (χ4n) is 2.27. The number of benzene rings is 2. The first-order chi connectivity index (χ1) is 11.7. The topological polar surface area (TPSA) is 59.1 Å². The lowest BCUT2D eigenvalue weighted by Gasteiger charge is -2.10. The second-order valence-corrected chi connectivity index (χ2v) is 6.59. The maximum atomic E-state index is 12.7. The molecule has 3 aromatic rings. The number of nitrogens with one attached hydrogen (secondary N) is 1. The molecule has 120 valence electrons. The van der Waals surface area contributed by atoms with Crippen LogP contribution in [0.2, 0.25) is 0 Å². The van der Waals surface area contributed by atoms with Crippen LogP contribution in [0.25, 0.3) is 0 Å². The molecule has 0 saturated heterocycles. The van der Waals surface area contributed by atoms with E-state index in [2.05, 4.69) is 10.3 Å². The van der Waals surface area contributed by atoms with E-state index >= 15 is 0 Å². The Kier molecular flexibility index (Phi) is 5.13. The summed E-state index contributed by atoms with van der Waals surface area (Å²) in [6.07, 6.45) is 3.03. The predicted molar refractivity (Wildman–Crippen MR) is 95.2 cm³/mol. The highest BCUT2D eigenvalue weighted by Gasteiger charge is 2.16. The SMILES string of the molecule is O=C(Nc1ccccc1)c1ccncc1S(=O)Cc1ccccc1. The van der Waals surface area contributed by atoms with Gasteiger partial charge in [-0.15, -0.1) is 0 Å². The fraction of sp³-hybridized carbons (Fsp3) is 0.0526. The molecule has 0 saturated carbocycles. The second kappa shape index (κ2) is 7.66. The minimum atomic E-state index is -1.35.